The minimum atomic E-state index is -0.634. The molecule has 5 bridgehead atoms. The van der Waals surface area contributed by atoms with E-state index in [9.17, 15) is 5.11 Å². The van der Waals surface area contributed by atoms with Crippen LogP contribution in [0.4, 0.5) is 0 Å². The Bertz CT molecular complexity index is 586. The largest absolute Gasteiger partial charge is 0.412 e. The SMILES string of the molecule is CC1CCCCCCCCC23COC(O)C4CC(=C(ON2)C3C4)CC(C)(C)C1. The Morgan fingerprint density at radius 1 is 1.07 bits per heavy atom. The lowest BCUT2D eigenvalue weighted by atomic mass is 9.68. The van der Waals surface area contributed by atoms with E-state index in [1.165, 1.54) is 62.7 Å². The van der Waals surface area contributed by atoms with Gasteiger partial charge in [0.15, 0.2) is 6.29 Å². The van der Waals surface area contributed by atoms with Crippen molar-refractivity contribution in [3.8, 4) is 0 Å². The predicted octanol–water partition coefficient (Wildman–Crippen LogP) is 5.47. The lowest BCUT2D eigenvalue weighted by molar-refractivity contribution is -0.143. The summed E-state index contributed by atoms with van der Waals surface area (Å²) in [6, 6.07) is 0. The van der Waals surface area contributed by atoms with E-state index in [1.807, 2.05) is 0 Å². The Hall–Kier alpha value is -0.580. The Kier molecular flexibility index (Phi) is 6.11. The number of fused-ring (bicyclic) bond motifs is 1. The molecule has 0 aromatic rings. The van der Waals surface area contributed by atoms with Gasteiger partial charge >= 0.3 is 0 Å². The van der Waals surface area contributed by atoms with Crippen molar-refractivity contribution in [1.82, 2.24) is 5.48 Å². The summed E-state index contributed by atoms with van der Waals surface area (Å²) in [5, 5.41) is 10.6. The maximum absolute atomic E-state index is 10.6. The van der Waals surface area contributed by atoms with Crippen LogP contribution in [-0.2, 0) is 9.57 Å². The molecule has 2 heterocycles. The minimum absolute atomic E-state index is 0.148. The van der Waals surface area contributed by atoms with Gasteiger partial charge in [0, 0.05) is 11.8 Å². The van der Waals surface area contributed by atoms with Crippen molar-refractivity contribution in [2.45, 2.75) is 110 Å². The fraction of sp³-hybridized carbons (Fsp3) is 0.917. The number of aliphatic hydroxyl groups is 1. The smallest absolute Gasteiger partial charge is 0.157 e. The third-order valence-corrected chi connectivity index (χ3v) is 7.82. The van der Waals surface area contributed by atoms with Gasteiger partial charge in [-0.1, -0.05) is 65.7 Å². The highest BCUT2D eigenvalue weighted by molar-refractivity contribution is 5.26. The molecule has 2 aliphatic carbocycles. The van der Waals surface area contributed by atoms with E-state index in [0.29, 0.717) is 12.5 Å². The molecule has 5 unspecified atom stereocenters. The molecule has 4 heteroatoms. The molecule has 4 nitrogen and oxygen atoms in total. The van der Waals surface area contributed by atoms with Crippen LogP contribution in [0.5, 0.6) is 0 Å². The van der Waals surface area contributed by atoms with Crippen molar-refractivity contribution in [2.75, 3.05) is 6.61 Å². The summed E-state index contributed by atoms with van der Waals surface area (Å²) in [5.41, 5.74) is 4.98. The van der Waals surface area contributed by atoms with E-state index >= 15 is 0 Å². The van der Waals surface area contributed by atoms with Gasteiger partial charge in [-0.25, -0.2) is 0 Å². The van der Waals surface area contributed by atoms with Gasteiger partial charge in [-0.15, -0.1) is 5.48 Å². The molecular weight excluding hydrogens is 350 g/mol. The molecule has 0 amide bonds. The van der Waals surface area contributed by atoms with Gasteiger partial charge in [0.05, 0.1) is 12.1 Å². The van der Waals surface area contributed by atoms with Gasteiger partial charge in [-0.3, -0.25) is 0 Å². The summed E-state index contributed by atoms with van der Waals surface area (Å²) in [6.07, 6.45) is 14.0. The Balaban J connectivity index is 1.63. The van der Waals surface area contributed by atoms with Crippen LogP contribution in [0.15, 0.2) is 11.3 Å². The molecule has 0 spiro atoms. The Labute approximate surface area is 171 Å². The highest BCUT2D eigenvalue weighted by Crippen LogP contribution is 2.52. The molecule has 0 saturated carbocycles. The van der Waals surface area contributed by atoms with Gasteiger partial charge in [-0.05, 0) is 49.0 Å². The summed E-state index contributed by atoms with van der Waals surface area (Å²) in [5.74, 6) is 2.54. The molecule has 2 fully saturated rings. The maximum atomic E-state index is 10.6. The lowest BCUT2D eigenvalue weighted by Gasteiger charge is -2.36. The van der Waals surface area contributed by atoms with E-state index in [0.717, 1.165) is 31.6 Å². The molecule has 2 N–H and O–H groups in total. The first kappa shape index (κ1) is 20.7. The second-order valence-corrected chi connectivity index (χ2v) is 11.1. The average molecular weight is 392 g/mol. The molecule has 0 aromatic carbocycles. The second-order valence-electron chi connectivity index (χ2n) is 11.1. The minimum Gasteiger partial charge on any atom is -0.412 e. The van der Waals surface area contributed by atoms with Crippen LogP contribution in [0.3, 0.4) is 0 Å². The molecule has 5 atom stereocenters. The maximum Gasteiger partial charge on any atom is 0.157 e. The molecular formula is C24H41NO3. The zero-order valence-electron chi connectivity index (χ0n) is 18.3. The average Bonchev–Trinajstić information content (AvgIpc) is 2.95. The third kappa shape index (κ3) is 4.29. The van der Waals surface area contributed by atoms with Crippen LogP contribution in [0, 0.1) is 23.2 Å². The van der Waals surface area contributed by atoms with Gasteiger partial charge in [-0.2, -0.15) is 0 Å². The molecule has 4 aliphatic rings. The van der Waals surface area contributed by atoms with Crippen molar-refractivity contribution in [3.63, 3.8) is 0 Å². The van der Waals surface area contributed by atoms with Crippen molar-refractivity contribution in [2.24, 2.45) is 23.2 Å². The predicted molar refractivity (Wildman–Crippen MR) is 111 cm³/mol. The van der Waals surface area contributed by atoms with Crippen LogP contribution in [0.1, 0.15) is 97.8 Å². The standard InChI is InChI=1S/C24H41NO3/c1-17-10-8-6-4-5-7-9-11-24-16-27-22(26)18-12-19(15-23(2,3)14-17)21(28-25-24)20(24)13-18/h17-18,20,22,25-26H,4-16H2,1-3H3. The fourth-order valence-corrected chi connectivity index (χ4v) is 6.51. The topological polar surface area (TPSA) is 50.7 Å². The van der Waals surface area contributed by atoms with Gasteiger partial charge in [0.25, 0.3) is 0 Å². The van der Waals surface area contributed by atoms with E-state index in [-0.39, 0.29) is 16.9 Å². The number of aliphatic hydroxyl groups excluding tert-OH is 1. The van der Waals surface area contributed by atoms with Gasteiger partial charge < -0.3 is 14.7 Å². The monoisotopic (exact) mass is 391 g/mol. The van der Waals surface area contributed by atoms with Crippen molar-refractivity contribution in [1.29, 1.82) is 0 Å². The summed E-state index contributed by atoms with van der Waals surface area (Å²) in [4.78, 5) is 6.21. The quantitative estimate of drug-likeness (QED) is 0.575. The summed E-state index contributed by atoms with van der Waals surface area (Å²) in [6.45, 7) is 7.83. The first-order chi connectivity index (χ1) is 13.4. The number of ether oxygens (including phenoxy) is 1. The summed E-state index contributed by atoms with van der Waals surface area (Å²) >= 11 is 0. The van der Waals surface area contributed by atoms with Crippen LogP contribution < -0.4 is 5.48 Å². The number of nitrogens with one attached hydrogen (secondary N) is 1. The number of hydrogen-bond acceptors (Lipinski definition) is 4. The van der Waals surface area contributed by atoms with Crippen molar-refractivity contribution in [3.05, 3.63) is 11.3 Å². The molecule has 4 rings (SSSR count). The fourth-order valence-electron chi connectivity index (χ4n) is 6.51. The number of rotatable bonds is 0. The number of allylic oxidation sites excluding steroid dienone is 1. The first-order valence-corrected chi connectivity index (χ1v) is 11.8. The van der Waals surface area contributed by atoms with Gasteiger partial charge in [0.1, 0.15) is 5.76 Å². The van der Waals surface area contributed by atoms with Crippen LogP contribution in [-0.4, -0.2) is 23.5 Å². The van der Waals surface area contributed by atoms with Crippen LogP contribution in [0.2, 0.25) is 0 Å². The number of hydrogen-bond donors (Lipinski definition) is 2. The second kappa shape index (κ2) is 8.28. The lowest BCUT2D eigenvalue weighted by Crippen LogP contribution is -2.48. The molecule has 2 saturated heterocycles. The summed E-state index contributed by atoms with van der Waals surface area (Å²) in [7, 11) is 0. The molecule has 2 aliphatic heterocycles. The zero-order chi connectivity index (χ0) is 19.8. The van der Waals surface area contributed by atoms with E-state index in [1.54, 1.807) is 0 Å². The highest BCUT2D eigenvalue weighted by atomic mass is 16.7. The van der Waals surface area contributed by atoms with E-state index in [4.69, 9.17) is 9.57 Å². The Morgan fingerprint density at radius 2 is 1.82 bits per heavy atom. The molecule has 160 valence electrons. The molecule has 0 aromatic heterocycles. The molecule has 28 heavy (non-hydrogen) atoms. The highest BCUT2D eigenvalue weighted by Gasteiger charge is 2.54. The van der Waals surface area contributed by atoms with Gasteiger partial charge in [0.2, 0.25) is 0 Å². The zero-order valence-corrected chi connectivity index (χ0v) is 18.3. The van der Waals surface area contributed by atoms with Crippen LogP contribution in [0.25, 0.3) is 0 Å². The van der Waals surface area contributed by atoms with Crippen molar-refractivity contribution >= 4 is 0 Å². The van der Waals surface area contributed by atoms with E-state index in [2.05, 4.69) is 26.3 Å². The summed E-state index contributed by atoms with van der Waals surface area (Å²) < 4.78 is 5.97. The number of hydroxylamine groups is 1. The van der Waals surface area contributed by atoms with Crippen molar-refractivity contribution < 1.29 is 14.7 Å². The van der Waals surface area contributed by atoms with Crippen LogP contribution >= 0.6 is 0 Å². The normalized spacial score (nSPS) is 42.1. The van der Waals surface area contributed by atoms with E-state index < -0.39 is 6.29 Å². The third-order valence-electron chi connectivity index (χ3n) is 7.82. The first-order valence-electron chi connectivity index (χ1n) is 11.8. The Morgan fingerprint density at radius 3 is 2.64 bits per heavy atom. The molecule has 0 radical (unpaired) electrons.